The fourth-order valence-corrected chi connectivity index (χ4v) is 2.89. The number of rotatable bonds is 2. The molecule has 0 N–H and O–H groups in total. The summed E-state index contributed by atoms with van der Waals surface area (Å²) in [7, 11) is 0. The minimum Gasteiger partial charge on any atom is -0.335 e. The topological polar surface area (TPSA) is 66.4 Å². The first-order chi connectivity index (χ1) is 11.1. The van der Waals surface area contributed by atoms with E-state index in [4.69, 9.17) is 0 Å². The number of aromatic nitrogens is 2. The monoisotopic (exact) mass is 374 g/mol. The largest absolute Gasteiger partial charge is 0.335 e. The van der Waals surface area contributed by atoms with Crippen molar-refractivity contribution < 1.29 is 9.59 Å². The maximum atomic E-state index is 12.5. The molecule has 0 spiro atoms. The van der Waals surface area contributed by atoms with Gasteiger partial charge in [-0.05, 0) is 18.2 Å². The van der Waals surface area contributed by atoms with E-state index in [1.807, 2.05) is 12.1 Å². The van der Waals surface area contributed by atoms with Gasteiger partial charge < -0.3 is 9.80 Å². The van der Waals surface area contributed by atoms with Gasteiger partial charge in [0.15, 0.2) is 0 Å². The Morgan fingerprint density at radius 3 is 2.30 bits per heavy atom. The highest BCUT2D eigenvalue weighted by atomic mass is 79.9. The van der Waals surface area contributed by atoms with Crippen molar-refractivity contribution in [3.05, 3.63) is 58.6 Å². The number of nitrogens with zero attached hydrogens (tertiary/aromatic N) is 4. The fourth-order valence-electron chi connectivity index (χ4n) is 2.49. The minimum atomic E-state index is -0.146. The van der Waals surface area contributed by atoms with Crippen LogP contribution in [-0.4, -0.2) is 57.8 Å². The second-order valence-corrected chi connectivity index (χ2v) is 6.10. The third kappa shape index (κ3) is 3.56. The van der Waals surface area contributed by atoms with Crippen LogP contribution in [0.1, 0.15) is 20.8 Å². The van der Waals surface area contributed by atoms with E-state index in [0.717, 1.165) is 4.47 Å². The van der Waals surface area contributed by atoms with Gasteiger partial charge >= 0.3 is 0 Å². The molecule has 0 aliphatic carbocycles. The second kappa shape index (κ2) is 6.87. The minimum absolute atomic E-state index is 0.0158. The van der Waals surface area contributed by atoms with Gasteiger partial charge in [0, 0.05) is 48.6 Å². The standard InChI is InChI=1S/C16H15BrN4O2/c17-13-3-1-2-12(10-13)15(22)20-6-8-21(9-7-20)16(23)14-11-18-4-5-19-14/h1-5,10-11H,6-9H2. The molecule has 1 fully saturated rings. The average molecular weight is 375 g/mol. The Hall–Kier alpha value is -2.28. The maximum absolute atomic E-state index is 12.5. The molecule has 6 nitrogen and oxygen atoms in total. The molecule has 0 saturated carbocycles. The zero-order valence-electron chi connectivity index (χ0n) is 12.4. The number of piperazine rings is 1. The van der Waals surface area contributed by atoms with E-state index in [2.05, 4.69) is 25.9 Å². The molecule has 0 atom stereocenters. The summed E-state index contributed by atoms with van der Waals surface area (Å²) < 4.78 is 0.875. The van der Waals surface area contributed by atoms with Crippen LogP contribution >= 0.6 is 15.9 Å². The van der Waals surface area contributed by atoms with Gasteiger partial charge in [-0.3, -0.25) is 14.6 Å². The van der Waals surface area contributed by atoms with Crippen LogP contribution in [0, 0.1) is 0 Å². The molecule has 0 radical (unpaired) electrons. The summed E-state index contributed by atoms with van der Waals surface area (Å²) in [5.41, 5.74) is 0.979. The van der Waals surface area contributed by atoms with E-state index in [0.29, 0.717) is 37.4 Å². The van der Waals surface area contributed by atoms with Crippen molar-refractivity contribution in [3.63, 3.8) is 0 Å². The summed E-state index contributed by atoms with van der Waals surface area (Å²) in [5, 5.41) is 0. The number of hydrogen-bond acceptors (Lipinski definition) is 4. The molecule has 2 aromatic rings. The van der Waals surface area contributed by atoms with Crippen LogP contribution in [0.5, 0.6) is 0 Å². The van der Waals surface area contributed by atoms with Crippen molar-refractivity contribution in [1.29, 1.82) is 0 Å². The lowest BCUT2D eigenvalue weighted by Gasteiger charge is -2.34. The van der Waals surface area contributed by atoms with E-state index in [1.165, 1.54) is 18.6 Å². The SMILES string of the molecule is O=C(c1cccc(Br)c1)N1CCN(C(=O)c2cnccn2)CC1. The Bertz CT molecular complexity index is 715. The lowest BCUT2D eigenvalue weighted by Crippen LogP contribution is -2.50. The van der Waals surface area contributed by atoms with Gasteiger partial charge in [0.1, 0.15) is 5.69 Å². The quantitative estimate of drug-likeness (QED) is 0.804. The van der Waals surface area contributed by atoms with Crippen LogP contribution in [0.3, 0.4) is 0 Å². The number of hydrogen-bond donors (Lipinski definition) is 0. The van der Waals surface area contributed by atoms with E-state index < -0.39 is 0 Å². The molecule has 7 heteroatoms. The van der Waals surface area contributed by atoms with Crippen LogP contribution in [0.2, 0.25) is 0 Å². The van der Waals surface area contributed by atoms with Crippen LogP contribution in [0.25, 0.3) is 0 Å². The predicted molar refractivity (Wildman–Crippen MR) is 88.0 cm³/mol. The molecule has 1 saturated heterocycles. The van der Waals surface area contributed by atoms with Gasteiger partial charge in [-0.1, -0.05) is 22.0 Å². The number of amides is 2. The number of halogens is 1. The Morgan fingerprint density at radius 1 is 1.00 bits per heavy atom. The Balaban J connectivity index is 1.62. The summed E-state index contributed by atoms with van der Waals surface area (Å²) >= 11 is 3.37. The average Bonchev–Trinajstić information content (AvgIpc) is 2.61. The third-order valence-corrected chi connectivity index (χ3v) is 4.20. The van der Waals surface area contributed by atoms with Gasteiger partial charge in [-0.15, -0.1) is 0 Å². The van der Waals surface area contributed by atoms with E-state index in [1.54, 1.807) is 21.9 Å². The summed E-state index contributed by atoms with van der Waals surface area (Å²) in [4.78, 5) is 36.2. The molecule has 1 aliphatic heterocycles. The summed E-state index contributed by atoms with van der Waals surface area (Å²) in [5.74, 6) is -0.162. The van der Waals surface area contributed by atoms with Gasteiger partial charge in [-0.25, -0.2) is 4.98 Å². The molecule has 0 unspecified atom stereocenters. The van der Waals surface area contributed by atoms with E-state index in [9.17, 15) is 9.59 Å². The predicted octanol–water partition coefficient (Wildman–Crippen LogP) is 1.84. The summed E-state index contributed by atoms with van der Waals surface area (Å²) in [6.07, 6.45) is 4.49. The molecule has 1 aliphatic rings. The zero-order chi connectivity index (χ0) is 16.2. The fraction of sp³-hybridized carbons (Fsp3) is 0.250. The van der Waals surface area contributed by atoms with Crippen LogP contribution in [0.15, 0.2) is 47.3 Å². The van der Waals surface area contributed by atoms with Gasteiger partial charge in [0.05, 0.1) is 6.20 Å². The van der Waals surface area contributed by atoms with Crippen molar-refractivity contribution in [2.45, 2.75) is 0 Å². The zero-order valence-corrected chi connectivity index (χ0v) is 13.9. The normalized spacial score (nSPS) is 14.7. The van der Waals surface area contributed by atoms with Crippen molar-refractivity contribution in [2.24, 2.45) is 0 Å². The third-order valence-electron chi connectivity index (χ3n) is 3.71. The van der Waals surface area contributed by atoms with Crippen molar-refractivity contribution in [2.75, 3.05) is 26.2 Å². The Labute approximate surface area is 142 Å². The molecule has 23 heavy (non-hydrogen) atoms. The lowest BCUT2D eigenvalue weighted by atomic mass is 10.2. The Morgan fingerprint density at radius 2 is 1.70 bits per heavy atom. The maximum Gasteiger partial charge on any atom is 0.274 e. The van der Waals surface area contributed by atoms with Gasteiger partial charge in [-0.2, -0.15) is 0 Å². The summed E-state index contributed by atoms with van der Waals surface area (Å²) in [6, 6.07) is 7.32. The number of benzene rings is 1. The molecular formula is C16H15BrN4O2. The number of carbonyl (C=O) groups is 2. The highest BCUT2D eigenvalue weighted by Crippen LogP contribution is 2.15. The van der Waals surface area contributed by atoms with Gasteiger partial charge in [0.25, 0.3) is 11.8 Å². The first-order valence-electron chi connectivity index (χ1n) is 7.25. The first-order valence-corrected chi connectivity index (χ1v) is 8.04. The molecule has 3 rings (SSSR count). The van der Waals surface area contributed by atoms with Crippen molar-refractivity contribution in [3.8, 4) is 0 Å². The van der Waals surface area contributed by atoms with Crippen LogP contribution in [-0.2, 0) is 0 Å². The van der Waals surface area contributed by atoms with Crippen molar-refractivity contribution >= 4 is 27.7 Å². The molecule has 1 aromatic carbocycles. The van der Waals surface area contributed by atoms with E-state index >= 15 is 0 Å². The van der Waals surface area contributed by atoms with Crippen LogP contribution < -0.4 is 0 Å². The highest BCUT2D eigenvalue weighted by Gasteiger charge is 2.26. The Kier molecular flexibility index (Phi) is 4.66. The lowest BCUT2D eigenvalue weighted by molar-refractivity contribution is 0.0532. The van der Waals surface area contributed by atoms with Gasteiger partial charge in [0.2, 0.25) is 0 Å². The van der Waals surface area contributed by atoms with Crippen molar-refractivity contribution in [1.82, 2.24) is 19.8 Å². The number of carbonyl (C=O) groups excluding carboxylic acids is 2. The molecule has 0 bridgehead atoms. The summed E-state index contributed by atoms with van der Waals surface area (Å²) in [6.45, 7) is 2.01. The second-order valence-electron chi connectivity index (χ2n) is 5.19. The highest BCUT2D eigenvalue weighted by molar-refractivity contribution is 9.10. The molecule has 118 valence electrons. The molecule has 2 heterocycles. The molecular weight excluding hydrogens is 360 g/mol. The molecule has 1 aromatic heterocycles. The van der Waals surface area contributed by atoms with E-state index in [-0.39, 0.29) is 11.8 Å². The molecule has 2 amide bonds. The smallest absolute Gasteiger partial charge is 0.274 e. The van der Waals surface area contributed by atoms with Crippen LogP contribution in [0.4, 0.5) is 0 Å². The first kappa shape index (κ1) is 15.6.